The summed E-state index contributed by atoms with van der Waals surface area (Å²) < 4.78 is 5.07. The second-order valence-electron chi connectivity index (χ2n) is 3.53. The van der Waals surface area contributed by atoms with E-state index in [0.29, 0.717) is 22.4 Å². The summed E-state index contributed by atoms with van der Waals surface area (Å²) >= 11 is 0. The molecule has 1 aromatic carbocycles. The third-order valence-electron chi connectivity index (χ3n) is 2.47. The number of H-pyrrole nitrogens is 1. The van der Waals surface area contributed by atoms with Crippen LogP contribution in [0, 0.1) is 18.3 Å². The molecule has 0 aliphatic rings. The fourth-order valence-corrected chi connectivity index (χ4v) is 1.60. The maximum atomic E-state index is 11.4. The van der Waals surface area contributed by atoms with Crippen molar-refractivity contribution in [1.82, 2.24) is 4.98 Å². The van der Waals surface area contributed by atoms with Crippen LogP contribution < -0.4 is 10.3 Å². The van der Waals surface area contributed by atoms with Gasteiger partial charge in [0.05, 0.1) is 18.2 Å². The first-order chi connectivity index (χ1) is 7.65. The van der Waals surface area contributed by atoms with E-state index >= 15 is 0 Å². The monoisotopic (exact) mass is 214 g/mol. The number of nitrogens with one attached hydrogen (secondary N) is 1. The highest BCUT2D eigenvalue weighted by molar-refractivity contribution is 5.82. The van der Waals surface area contributed by atoms with Gasteiger partial charge in [-0.3, -0.25) is 4.79 Å². The van der Waals surface area contributed by atoms with Crippen LogP contribution in [0.25, 0.3) is 10.9 Å². The number of ether oxygens (including phenoxy) is 1. The van der Waals surface area contributed by atoms with Crippen LogP contribution in [0.2, 0.25) is 0 Å². The third kappa shape index (κ3) is 1.52. The molecular weight excluding hydrogens is 204 g/mol. The highest BCUT2D eigenvalue weighted by Crippen LogP contribution is 2.23. The number of hydrogen-bond acceptors (Lipinski definition) is 3. The molecule has 0 unspecified atom stereocenters. The fourth-order valence-electron chi connectivity index (χ4n) is 1.60. The largest absolute Gasteiger partial charge is 0.495 e. The molecule has 0 saturated heterocycles. The lowest BCUT2D eigenvalue weighted by Gasteiger charge is -2.05. The van der Waals surface area contributed by atoms with Crippen molar-refractivity contribution in [2.24, 2.45) is 0 Å². The summed E-state index contributed by atoms with van der Waals surface area (Å²) in [7, 11) is 1.49. The van der Waals surface area contributed by atoms with E-state index in [1.165, 1.54) is 7.11 Å². The number of nitriles is 1. The lowest BCUT2D eigenvalue weighted by Crippen LogP contribution is -2.08. The lowest BCUT2D eigenvalue weighted by atomic mass is 10.1. The molecule has 80 valence electrons. The number of nitrogens with zero attached hydrogens (tertiary/aromatic N) is 1. The molecule has 4 nitrogen and oxygen atoms in total. The van der Waals surface area contributed by atoms with Crippen LogP contribution in [-0.2, 0) is 0 Å². The fraction of sp³-hybridized carbons (Fsp3) is 0.167. The van der Waals surface area contributed by atoms with Crippen LogP contribution in [0.5, 0.6) is 5.75 Å². The van der Waals surface area contributed by atoms with Crippen molar-refractivity contribution in [2.75, 3.05) is 7.11 Å². The van der Waals surface area contributed by atoms with Crippen molar-refractivity contribution in [3.63, 3.8) is 0 Å². The van der Waals surface area contributed by atoms with E-state index in [1.54, 1.807) is 25.1 Å². The van der Waals surface area contributed by atoms with Gasteiger partial charge in [-0.1, -0.05) is 0 Å². The number of aromatic nitrogens is 1. The maximum absolute atomic E-state index is 11.4. The highest BCUT2D eigenvalue weighted by atomic mass is 16.5. The molecular formula is C12H10N2O2. The molecule has 2 rings (SSSR count). The first-order valence-corrected chi connectivity index (χ1v) is 4.77. The average Bonchev–Trinajstić information content (AvgIpc) is 2.29. The van der Waals surface area contributed by atoms with Crippen LogP contribution in [0.15, 0.2) is 23.0 Å². The molecule has 0 bridgehead atoms. The molecule has 16 heavy (non-hydrogen) atoms. The molecule has 1 aromatic heterocycles. The third-order valence-corrected chi connectivity index (χ3v) is 2.47. The zero-order valence-electron chi connectivity index (χ0n) is 9.00. The van der Waals surface area contributed by atoms with Crippen molar-refractivity contribution in [3.8, 4) is 11.8 Å². The van der Waals surface area contributed by atoms with Gasteiger partial charge >= 0.3 is 0 Å². The number of methoxy groups -OCH3 is 1. The van der Waals surface area contributed by atoms with Gasteiger partial charge in [0.15, 0.2) is 0 Å². The first kappa shape index (κ1) is 10.2. The lowest BCUT2D eigenvalue weighted by molar-refractivity contribution is 0.414. The van der Waals surface area contributed by atoms with Gasteiger partial charge < -0.3 is 9.72 Å². The smallest absolute Gasteiger partial charge is 0.251 e. The van der Waals surface area contributed by atoms with Crippen LogP contribution in [0.1, 0.15) is 11.1 Å². The van der Waals surface area contributed by atoms with Crippen molar-refractivity contribution in [3.05, 3.63) is 39.7 Å². The number of pyridine rings is 1. The zero-order chi connectivity index (χ0) is 11.7. The summed E-state index contributed by atoms with van der Waals surface area (Å²) in [6.07, 6.45) is 0. The Morgan fingerprint density at radius 3 is 2.75 bits per heavy atom. The van der Waals surface area contributed by atoms with E-state index in [4.69, 9.17) is 10.00 Å². The molecule has 1 N–H and O–H groups in total. The van der Waals surface area contributed by atoms with Crippen molar-refractivity contribution in [1.29, 1.82) is 5.26 Å². The number of aromatic amines is 1. The minimum Gasteiger partial charge on any atom is -0.495 e. The van der Waals surface area contributed by atoms with Crippen molar-refractivity contribution >= 4 is 10.9 Å². The number of fused-ring (bicyclic) bond motifs is 1. The molecule has 0 spiro atoms. The molecule has 0 aliphatic heterocycles. The van der Waals surface area contributed by atoms with Gasteiger partial charge in [-0.05, 0) is 19.1 Å². The van der Waals surface area contributed by atoms with Gasteiger partial charge in [0.2, 0.25) is 0 Å². The van der Waals surface area contributed by atoms with E-state index in [9.17, 15) is 4.79 Å². The number of aryl methyl sites for hydroxylation is 1. The van der Waals surface area contributed by atoms with Gasteiger partial charge in [-0.2, -0.15) is 5.26 Å². The number of hydrogen-bond donors (Lipinski definition) is 1. The molecule has 0 aliphatic carbocycles. The highest BCUT2D eigenvalue weighted by Gasteiger charge is 2.06. The van der Waals surface area contributed by atoms with Gasteiger partial charge in [0.1, 0.15) is 11.8 Å². The topological polar surface area (TPSA) is 65.9 Å². The van der Waals surface area contributed by atoms with Gasteiger partial charge in [0.25, 0.3) is 5.56 Å². The summed E-state index contributed by atoms with van der Waals surface area (Å²) in [6, 6.07) is 7.18. The van der Waals surface area contributed by atoms with E-state index in [-0.39, 0.29) is 5.56 Å². The normalized spacial score (nSPS) is 10.1. The summed E-state index contributed by atoms with van der Waals surface area (Å²) in [5.74, 6) is 0.467. The minimum absolute atomic E-state index is 0.126. The molecule has 0 atom stereocenters. The SMILES string of the molecule is COc1cc2[nH]c(=O)c(C)cc2cc1C#N. The number of rotatable bonds is 1. The van der Waals surface area contributed by atoms with E-state index in [2.05, 4.69) is 11.1 Å². The maximum Gasteiger partial charge on any atom is 0.251 e. The molecule has 0 amide bonds. The van der Waals surface area contributed by atoms with Crippen LogP contribution in [-0.4, -0.2) is 12.1 Å². The standard InChI is InChI=1S/C12H10N2O2/c1-7-3-8-4-9(6-13)11(16-2)5-10(8)14-12(7)15/h3-5H,1-2H3,(H,14,15). The van der Waals surface area contributed by atoms with E-state index in [1.807, 2.05) is 0 Å². The van der Waals surface area contributed by atoms with E-state index < -0.39 is 0 Å². The summed E-state index contributed by atoms with van der Waals surface area (Å²) in [5.41, 5.74) is 1.63. The molecule has 0 saturated carbocycles. The first-order valence-electron chi connectivity index (χ1n) is 4.77. The Kier molecular flexibility index (Phi) is 2.37. The van der Waals surface area contributed by atoms with Crippen LogP contribution >= 0.6 is 0 Å². The zero-order valence-corrected chi connectivity index (χ0v) is 9.00. The van der Waals surface area contributed by atoms with Crippen molar-refractivity contribution in [2.45, 2.75) is 6.92 Å². The average molecular weight is 214 g/mol. The Labute approximate surface area is 92.1 Å². The predicted octanol–water partition coefficient (Wildman–Crippen LogP) is 1.72. The molecule has 0 fully saturated rings. The molecule has 0 radical (unpaired) electrons. The summed E-state index contributed by atoms with van der Waals surface area (Å²) in [6.45, 7) is 1.73. The van der Waals surface area contributed by atoms with Gasteiger partial charge in [0, 0.05) is 17.0 Å². The van der Waals surface area contributed by atoms with E-state index in [0.717, 1.165) is 5.39 Å². The van der Waals surface area contributed by atoms with Crippen molar-refractivity contribution < 1.29 is 4.74 Å². The summed E-state index contributed by atoms with van der Waals surface area (Å²) in [5, 5.41) is 9.76. The van der Waals surface area contributed by atoms with Crippen LogP contribution in [0.3, 0.4) is 0 Å². The quantitative estimate of drug-likeness (QED) is 0.785. The second kappa shape index (κ2) is 3.70. The van der Waals surface area contributed by atoms with Crippen LogP contribution in [0.4, 0.5) is 0 Å². The minimum atomic E-state index is -0.126. The Balaban J connectivity index is 2.85. The Morgan fingerprint density at radius 1 is 1.38 bits per heavy atom. The number of benzene rings is 1. The molecule has 4 heteroatoms. The summed E-state index contributed by atoms with van der Waals surface area (Å²) in [4.78, 5) is 14.2. The second-order valence-corrected chi connectivity index (χ2v) is 3.53. The van der Waals surface area contributed by atoms with Gasteiger partial charge in [-0.25, -0.2) is 0 Å². The molecule has 1 heterocycles. The Morgan fingerprint density at radius 2 is 2.12 bits per heavy atom. The Hall–Kier alpha value is -2.28. The Bertz CT molecular complexity index is 650. The molecule has 2 aromatic rings. The van der Waals surface area contributed by atoms with Gasteiger partial charge in [-0.15, -0.1) is 0 Å². The predicted molar refractivity (Wildman–Crippen MR) is 60.6 cm³/mol.